The van der Waals surface area contributed by atoms with Crippen molar-refractivity contribution in [3.8, 4) is 0 Å². The normalized spacial score (nSPS) is 11.2. The Bertz CT molecular complexity index is 874. The van der Waals surface area contributed by atoms with Gasteiger partial charge in [0.15, 0.2) is 5.96 Å². The van der Waals surface area contributed by atoms with Gasteiger partial charge in [0, 0.05) is 38.4 Å². The van der Waals surface area contributed by atoms with Gasteiger partial charge in [-0.25, -0.2) is 9.97 Å². The molecule has 150 valence electrons. The maximum absolute atomic E-state index is 4.52. The molecule has 28 heavy (non-hydrogen) atoms. The van der Waals surface area contributed by atoms with Crippen LogP contribution >= 0.6 is 35.3 Å². The number of benzene rings is 1. The minimum Gasteiger partial charge on any atom is -0.349 e. The van der Waals surface area contributed by atoms with Crippen LogP contribution in [-0.4, -0.2) is 39.5 Å². The summed E-state index contributed by atoms with van der Waals surface area (Å²) in [6, 6.07) is 10.5. The van der Waals surface area contributed by atoms with E-state index in [4.69, 9.17) is 0 Å². The van der Waals surface area contributed by atoms with Crippen LogP contribution < -0.4 is 5.32 Å². The molecule has 0 unspecified atom stereocenters. The van der Waals surface area contributed by atoms with Gasteiger partial charge in [0.05, 0.1) is 23.8 Å². The number of aliphatic imine (C=N–C) groups is 1. The fourth-order valence-corrected chi connectivity index (χ4v) is 3.55. The summed E-state index contributed by atoms with van der Waals surface area (Å²) in [4.78, 5) is 15.5. The summed E-state index contributed by atoms with van der Waals surface area (Å²) in [6.07, 6.45) is 4.87. The van der Waals surface area contributed by atoms with Crippen molar-refractivity contribution in [3.05, 3.63) is 70.2 Å². The maximum Gasteiger partial charge on any atom is 0.194 e. The Balaban J connectivity index is 0.00000280. The van der Waals surface area contributed by atoms with Crippen LogP contribution in [0.25, 0.3) is 0 Å². The van der Waals surface area contributed by atoms with Gasteiger partial charge in [-0.2, -0.15) is 0 Å². The summed E-state index contributed by atoms with van der Waals surface area (Å²) in [5.74, 6) is 1.84. The third kappa shape index (κ3) is 6.30. The predicted molar refractivity (Wildman–Crippen MR) is 126 cm³/mol. The van der Waals surface area contributed by atoms with E-state index in [1.54, 1.807) is 18.4 Å². The zero-order chi connectivity index (χ0) is 19.1. The van der Waals surface area contributed by atoms with Gasteiger partial charge in [-0.05, 0) is 18.9 Å². The van der Waals surface area contributed by atoms with Gasteiger partial charge in [-0.3, -0.25) is 4.99 Å². The van der Waals surface area contributed by atoms with E-state index in [1.165, 1.54) is 5.56 Å². The number of nitrogens with zero attached hydrogens (tertiary/aromatic N) is 5. The van der Waals surface area contributed by atoms with E-state index in [0.717, 1.165) is 42.0 Å². The molecule has 3 aromatic rings. The number of nitrogens with one attached hydrogen (secondary N) is 1. The van der Waals surface area contributed by atoms with Crippen molar-refractivity contribution >= 4 is 41.3 Å². The first-order valence-corrected chi connectivity index (χ1v) is 9.90. The Morgan fingerprint density at radius 2 is 2.07 bits per heavy atom. The molecule has 6 nitrogen and oxygen atoms in total. The van der Waals surface area contributed by atoms with Gasteiger partial charge in [0.25, 0.3) is 0 Å². The standard InChI is InChI=1S/C20H26N6S.HI/c1-16-24-18(15-27-16)14-25(3)20(21-2)23-13-19-22-10-12-26(19)11-9-17-7-5-4-6-8-17;/h4-8,10,12,15H,9,11,13-14H2,1-3H3,(H,21,23);1H. The average molecular weight is 510 g/mol. The summed E-state index contributed by atoms with van der Waals surface area (Å²) >= 11 is 1.67. The number of aryl methyl sites for hydroxylation is 3. The molecule has 8 heteroatoms. The van der Waals surface area contributed by atoms with Crippen molar-refractivity contribution in [2.75, 3.05) is 14.1 Å². The topological polar surface area (TPSA) is 58.3 Å². The van der Waals surface area contributed by atoms with Gasteiger partial charge in [-0.15, -0.1) is 35.3 Å². The van der Waals surface area contributed by atoms with Crippen molar-refractivity contribution in [1.29, 1.82) is 0 Å². The van der Waals surface area contributed by atoms with E-state index >= 15 is 0 Å². The molecule has 0 radical (unpaired) electrons. The first-order chi connectivity index (χ1) is 13.2. The molecule has 2 aromatic heterocycles. The summed E-state index contributed by atoms with van der Waals surface area (Å²) in [6.45, 7) is 4.30. The molecular weight excluding hydrogens is 483 g/mol. The van der Waals surface area contributed by atoms with Gasteiger partial charge in [0.1, 0.15) is 5.82 Å². The maximum atomic E-state index is 4.52. The van der Waals surface area contributed by atoms with Crippen LogP contribution in [0.2, 0.25) is 0 Å². The van der Waals surface area contributed by atoms with Gasteiger partial charge >= 0.3 is 0 Å². The van der Waals surface area contributed by atoms with Crippen LogP contribution in [-0.2, 0) is 26.1 Å². The Morgan fingerprint density at radius 3 is 2.75 bits per heavy atom. The highest BCUT2D eigenvalue weighted by molar-refractivity contribution is 14.0. The largest absolute Gasteiger partial charge is 0.349 e. The van der Waals surface area contributed by atoms with Crippen LogP contribution in [0.3, 0.4) is 0 Å². The second-order valence-electron chi connectivity index (χ2n) is 6.39. The average Bonchev–Trinajstić information content (AvgIpc) is 3.30. The van der Waals surface area contributed by atoms with Crippen molar-refractivity contribution in [2.24, 2.45) is 4.99 Å². The third-order valence-corrected chi connectivity index (χ3v) is 5.15. The number of guanidine groups is 1. The lowest BCUT2D eigenvalue weighted by molar-refractivity contribution is 0.468. The Labute approximate surface area is 187 Å². The van der Waals surface area contributed by atoms with E-state index in [-0.39, 0.29) is 24.0 Å². The van der Waals surface area contributed by atoms with Crippen LogP contribution in [0.5, 0.6) is 0 Å². The molecule has 1 aromatic carbocycles. The molecule has 0 amide bonds. The van der Waals surface area contributed by atoms with Crippen LogP contribution in [0, 0.1) is 6.92 Å². The van der Waals surface area contributed by atoms with Crippen LogP contribution in [0.1, 0.15) is 22.1 Å². The number of hydrogen-bond donors (Lipinski definition) is 1. The minimum absolute atomic E-state index is 0. The second-order valence-corrected chi connectivity index (χ2v) is 7.45. The molecule has 1 N–H and O–H groups in total. The molecule has 2 heterocycles. The fourth-order valence-electron chi connectivity index (χ4n) is 2.95. The summed E-state index contributed by atoms with van der Waals surface area (Å²) < 4.78 is 2.19. The number of halogens is 1. The van der Waals surface area contributed by atoms with E-state index in [9.17, 15) is 0 Å². The number of rotatable bonds is 7. The predicted octanol–water partition coefficient (Wildman–Crippen LogP) is 3.72. The van der Waals surface area contributed by atoms with Crippen molar-refractivity contribution in [2.45, 2.75) is 33.0 Å². The third-order valence-electron chi connectivity index (χ3n) is 4.33. The van der Waals surface area contributed by atoms with Crippen molar-refractivity contribution in [3.63, 3.8) is 0 Å². The molecule has 0 fully saturated rings. The molecule has 3 rings (SSSR count). The fraction of sp³-hybridized carbons (Fsp3) is 0.350. The highest BCUT2D eigenvalue weighted by atomic mass is 127. The summed E-state index contributed by atoms with van der Waals surface area (Å²) in [5, 5.41) is 6.58. The zero-order valence-corrected chi connectivity index (χ0v) is 19.6. The Hall–Kier alpha value is -1.94. The molecule has 0 bridgehead atoms. The monoisotopic (exact) mass is 510 g/mol. The second kappa shape index (κ2) is 11.2. The minimum atomic E-state index is 0. The van der Waals surface area contributed by atoms with E-state index in [0.29, 0.717) is 6.54 Å². The van der Waals surface area contributed by atoms with Crippen LogP contribution in [0.15, 0.2) is 53.1 Å². The molecule has 0 spiro atoms. The smallest absolute Gasteiger partial charge is 0.194 e. The lowest BCUT2D eigenvalue weighted by Gasteiger charge is -2.21. The molecule has 0 aliphatic carbocycles. The molecule has 0 saturated carbocycles. The highest BCUT2D eigenvalue weighted by Crippen LogP contribution is 2.10. The summed E-state index contributed by atoms with van der Waals surface area (Å²) in [7, 11) is 3.82. The first-order valence-electron chi connectivity index (χ1n) is 9.02. The van der Waals surface area contributed by atoms with Gasteiger partial charge < -0.3 is 14.8 Å². The summed E-state index contributed by atoms with van der Waals surface area (Å²) in [5.41, 5.74) is 2.39. The Kier molecular flexibility index (Phi) is 8.91. The van der Waals surface area contributed by atoms with Crippen LogP contribution in [0.4, 0.5) is 0 Å². The van der Waals surface area contributed by atoms with Gasteiger partial charge in [0.2, 0.25) is 0 Å². The number of thiazole rings is 1. The zero-order valence-electron chi connectivity index (χ0n) is 16.5. The van der Waals surface area contributed by atoms with E-state index in [1.807, 2.05) is 32.4 Å². The molecule has 0 aliphatic rings. The lowest BCUT2D eigenvalue weighted by atomic mass is 10.1. The van der Waals surface area contributed by atoms with Crippen molar-refractivity contribution in [1.82, 2.24) is 24.8 Å². The Morgan fingerprint density at radius 1 is 1.29 bits per heavy atom. The van der Waals surface area contributed by atoms with E-state index < -0.39 is 0 Å². The molecule has 0 atom stereocenters. The van der Waals surface area contributed by atoms with Gasteiger partial charge in [-0.1, -0.05) is 30.3 Å². The molecular formula is C20H27IN6S. The first kappa shape index (κ1) is 22.4. The highest BCUT2D eigenvalue weighted by Gasteiger charge is 2.10. The number of aromatic nitrogens is 3. The number of imidazole rings is 1. The molecule has 0 saturated heterocycles. The SMILES string of the molecule is CN=C(NCc1nccn1CCc1ccccc1)N(C)Cc1csc(C)n1.I. The molecule has 0 aliphatic heterocycles. The van der Waals surface area contributed by atoms with E-state index in [2.05, 4.69) is 59.4 Å². The lowest BCUT2D eigenvalue weighted by Crippen LogP contribution is -2.38. The quantitative estimate of drug-likeness (QED) is 0.299. The number of hydrogen-bond acceptors (Lipinski definition) is 4. The van der Waals surface area contributed by atoms with Crippen molar-refractivity contribution < 1.29 is 0 Å².